The second kappa shape index (κ2) is 10.0. The highest BCUT2D eigenvalue weighted by atomic mass is 19.1. The van der Waals surface area contributed by atoms with Crippen molar-refractivity contribution < 1.29 is 4.39 Å². The summed E-state index contributed by atoms with van der Waals surface area (Å²) >= 11 is 0. The molecular weight excluding hydrogens is 489 g/mol. The predicted octanol–water partition coefficient (Wildman–Crippen LogP) is 6.65. The first-order chi connectivity index (χ1) is 19.2. The number of aromatic nitrogens is 6. The van der Waals surface area contributed by atoms with Gasteiger partial charge in [-0.1, -0.05) is 31.0 Å². The van der Waals surface area contributed by atoms with Crippen LogP contribution in [0, 0.1) is 11.7 Å². The van der Waals surface area contributed by atoms with Gasteiger partial charge in [-0.05, 0) is 72.8 Å². The summed E-state index contributed by atoms with van der Waals surface area (Å²) in [4.78, 5) is 17.1. The molecule has 0 atom stereocenters. The SMILES string of the molecule is Fc1ccccc1-c1nccc2[nH]c(-c3n[nH]c4ccc(-c5cncc(CNCC6CCCC6)c5)cc34)nc12. The maximum Gasteiger partial charge on any atom is 0.159 e. The van der Waals surface area contributed by atoms with Gasteiger partial charge in [0.25, 0.3) is 0 Å². The lowest BCUT2D eigenvalue weighted by Crippen LogP contribution is -2.20. The molecule has 2 aromatic carbocycles. The second-order valence-electron chi connectivity index (χ2n) is 10.3. The van der Waals surface area contributed by atoms with Crippen LogP contribution in [0.5, 0.6) is 0 Å². The molecule has 1 fully saturated rings. The topological polar surface area (TPSA) is 95.2 Å². The number of nitrogens with zero attached hydrogens (tertiary/aromatic N) is 4. The van der Waals surface area contributed by atoms with E-state index in [0.29, 0.717) is 28.3 Å². The maximum atomic E-state index is 14.6. The van der Waals surface area contributed by atoms with Crippen LogP contribution in [-0.4, -0.2) is 36.7 Å². The molecule has 7 nitrogen and oxygen atoms in total. The van der Waals surface area contributed by atoms with E-state index >= 15 is 0 Å². The zero-order chi connectivity index (χ0) is 26.2. The normalized spacial score (nSPS) is 14.1. The van der Waals surface area contributed by atoms with E-state index in [1.807, 2.05) is 24.5 Å². The Hall–Kier alpha value is -4.43. The van der Waals surface area contributed by atoms with E-state index in [1.54, 1.807) is 24.4 Å². The quantitative estimate of drug-likeness (QED) is 0.220. The van der Waals surface area contributed by atoms with Crippen LogP contribution in [0.4, 0.5) is 4.39 Å². The van der Waals surface area contributed by atoms with Gasteiger partial charge >= 0.3 is 0 Å². The molecule has 1 aliphatic carbocycles. The largest absolute Gasteiger partial charge is 0.336 e. The highest BCUT2D eigenvalue weighted by Crippen LogP contribution is 2.33. The fourth-order valence-electron chi connectivity index (χ4n) is 5.65. The molecule has 4 aromatic heterocycles. The third-order valence-corrected chi connectivity index (χ3v) is 7.68. The van der Waals surface area contributed by atoms with Crippen LogP contribution >= 0.6 is 0 Å². The van der Waals surface area contributed by atoms with E-state index in [4.69, 9.17) is 4.98 Å². The predicted molar refractivity (Wildman–Crippen MR) is 151 cm³/mol. The zero-order valence-corrected chi connectivity index (χ0v) is 21.4. The lowest BCUT2D eigenvalue weighted by Gasteiger charge is -2.11. The summed E-state index contributed by atoms with van der Waals surface area (Å²) < 4.78 is 14.6. The Morgan fingerprint density at radius 1 is 0.923 bits per heavy atom. The van der Waals surface area contributed by atoms with Gasteiger partial charge in [0, 0.05) is 41.6 Å². The molecule has 4 heterocycles. The van der Waals surface area contributed by atoms with Crippen LogP contribution in [-0.2, 0) is 6.54 Å². The Morgan fingerprint density at radius 2 is 1.82 bits per heavy atom. The third-order valence-electron chi connectivity index (χ3n) is 7.68. The number of hydrogen-bond acceptors (Lipinski definition) is 5. The maximum absolute atomic E-state index is 14.6. The molecule has 0 saturated heterocycles. The Bertz CT molecular complexity index is 1780. The Kier molecular flexibility index (Phi) is 6.09. The molecule has 194 valence electrons. The van der Waals surface area contributed by atoms with E-state index in [0.717, 1.165) is 46.6 Å². The Morgan fingerprint density at radius 3 is 2.72 bits per heavy atom. The van der Waals surface area contributed by atoms with Crippen LogP contribution in [0.2, 0.25) is 0 Å². The van der Waals surface area contributed by atoms with Gasteiger partial charge in [0.15, 0.2) is 5.82 Å². The molecule has 0 radical (unpaired) electrons. The van der Waals surface area contributed by atoms with Gasteiger partial charge in [-0.25, -0.2) is 9.37 Å². The summed E-state index contributed by atoms with van der Waals surface area (Å²) in [5.74, 6) is 1.07. The van der Waals surface area contributed by atoms with E-state index in [2.05, 4.69) is 48.7 Å². The molecule has 0 bridgehead atoms. The van der Waals surface area contributed by atoms with Gasteiger partial charge in [0.05, 0.1) is 11.0 Å². The molecule has 8 heteroatoms. The molecule has 0 amide bonds. The van der Waals surface area contributed by atoms with E-state index in [1.165, 1.54) is 37.3 Å². The molecule has 0 spiro atoms. The third kappa shape index (κ3) is 4.57. The number of benzene rings is 2. The number of rotatable bonds is 7. The zero-order valence-electron chi connectivity index (χ0n) is 21.4. The number of pyridine rings is 2. The summed E-state index contributed by atoms with van der Waals surface area (Å²) in [6.07, 6.45) is 10.9. The van der Waals surface area contributed by atoms with Crippen molar-refractivity contribution >= 4 is 21.9 Å². The van der Waals surface area contributed by atoms with E-state index in [9.17, 15) is 4.39 Å². The van der Waals surface area contributed by atoms with E-state index < -0.39 is 0 Å². The lowest BCUT2D eigenvalue weighted by atomic mass is 10.0. The molecule has 0 aliphatic heterocycles. The summed E-state index contributed by atoms with van der Waals surface area (Å²) in [5, 5.41) is 12.2. The molecule has 7 rings (SSSR count). The molecule has 6 aromatic rings. The summed E-state index contributed by atoms with van der Waals surface area (Å²) in [7, 11) is 0. The number of halogens is 1. The van der Waals surface area contributed by atoms with Gasteiger partial charge < -0.3 is 10.3 Å². The Labute approximate surface area is 224 Å². The van der Waals surface area contributed by atoms with Crippen molar-refractivity contribution in [3.05, 3.63) is 84.6 Å². The standard InChI is InChI=1S/C31H28FN7/c32-25-8-4-3-7-23(25)28-30-27(11-12-35-28)36-31(37-30)29-24-14-21(9-10-26(24)38-39-29)22-13-20(17-34-18-22)16-33-15-19-5-1-2-6-19/h3-4,7-14,17-19,33H,1-2,5-6,15-16H2,(H,36,37)(H,38,39). The number of aromatic amines is 2. The van der Waals surface area contributed by atoms with Crippen LogP contribution in [0.15, 0.2) is 73.2 Å². The first kappa shape index (κ1) is 23.7. The van der Waals surface area contributed by atoms with Crippen molar-refractivity contribution in [2.75, 3.05) is 6.54 Å². The van der Waals surface area contributed by atoms with Crippen molar-refractivity contribution in [1.29, 1.82) is 0 Å². The monoisotopic (exact) mass is 517 g/mol. The number of hydrogen-bond donors (Lipinski definition) is 3. The molecular formula is C31H28FN7. The molecule has 3 N–H and O–H groups in total. The fraction of sp³-hybridized carbons (Fsp3) is 0.226. The van der Waals surface area contributed by atoms with Crippen LogP contribution in [0.3, 0.4) is 0 Å². The van der Waals surface area contributed by atoms with Crippen molar-refractivity contribution in [3.8, 4) is 33.9 Å². The van der Waals surface area contributed by atoms with Crippen molar-refractivity contribution in [2.45, 2.75) is 32.2 Å². The van der Waals surface area contributed by atoms with Gasteiger partial charge in [-0.3, -0.25) is 15.1 Å². The highest BCUT2D eigenvalue weighted by molar-refractivity contribution is 5.97. The average molecular weight is 518 g/mol. The van der Waals surface area contributed by atoms with E-state index in [-0.39, 0.29) is 5.82 Å². The number of fused-ring (bicyclic) bond motifs is 2. The van der Waals surface area contributed by atoms with Crippen molar-refractivity contribution in [3.63, 3.8) is 0 Å². The molecule has 39 heavy (non-hydrogen) atoms. The van der Waals surface area contributed by atoms with Gasteiger partial charge in [0.1, 0.15) is 22.7 Å². The second-order valence-corrected chi connectivity index (χ2v) is 10.3. The van der Waals surface area contributed by atoms with Crippen molar-refractivity contribution in [2.24, 2.45) is 5.92 Å². The minimum Gasteiger partial charge on any atom is -0.336 e. The number of imidazole rings is 1. The average Bonchev–Trinajstić information content (AvgIpc) is 3.73. The number of nitrogens with one attached hydrogen (secondary N) is 3. The van der Waals surface area contributed by atoms with Gasteiger partial charge in [0.2, 0.25) is 0 Å². The van der Waals surface area contributed by atoms with Crippen LogP contribution < -0.4 is 5.32 Å². The minimum atomic E-state index is -0.332. The highest BCUT2D eigenvalue weighted by Gasteiger charge is 2.18. The Balaban J connectivity index is 1.21. The summed E-state index contributed by atoms with van der Waals surface area (Å²) in [5.41, 5.74) is 7.18. The first-order valence-corrected chi connectivity index (χ1v) is 13.5. The molecule has 0 unspecified atom stereocenters. The number of H-pyrrole nitrogens is 2. The summed E-state index contributed by atoms with van der Waals surface area (Å²) in [6, 6.07) is 16.9. The van der Waals surface area contributed by atoms with Crippen LogP contribution in [0.25, 0.3) is 55.8 Å². The van der Waals surface area contributed by atoms with Crippen LogP contribution in [0.1, 0.15) is 31.2 Å². The summed E-state index contributed by atoms with van der Waals surface area (Å²) in [6.45, 7) is 1.88. The van der Waals surface area contributed by atoms with Gasteiger partial charge in [-0.2, -0.15) is 5.10 Å². The lowest BCUT2D eigenvalue weighted by molar-refractivity contribution is 0.489. The first-order valence-electron chi connectivity index (χ1n) is 13.5. The fourth-order valence-corrected chi connectivity index (χ4v) is 5.65. The molecule has 1 saturated carbocycles. The molecule has 1 aliphatic rings. The smallest absolute Gasteiger partial charge is 0.159 e. The van der Waals surface area contributed by atoms with Gasteiger partial charge in [-0.15, -0.1) is 0 Å². The van der Waals surface area contributed by atoms with Crippen molar-refractivity contribution in [1.82, 2.24) is 35.5 Å². The minimum absolute atomic E-state index is 0.332.